The largest absolute Gasteiger partial charge is 0.346 e. The monoisotopic (exact) mass is 268 g/mol. The molecule has 0 fully saturated rings. The van der Waals surface area contributed by atoms with Crippen molar-refractivity contribution < 1.29 is 4.79 Å². The maximum Gasteiger partial charge on any atom is 0.253 e. The van der Waals surface area contributed by atoms with Crippen molar-refractivity contribution in [3.05, 3.63) is 34.3 Å². The number of carbonyl (C=O) groups excluding carboxylic acids is 1. The highest BCUT2D eigenvalue weighted by Crippen LogP contribution is 2.18. The first-order valence-electron chi connectivity index (χ1n) is 5.95. The van der Waals surface area contributed by atoms with Gasteiger partial charge in [0.05, 0.1) is 10.6 Å². The van der Waals surface area contributed by atoms with E-state index in [9.17, 15) is 4.79 Å². The van der Waals surface area contributed by atoms with Gasteiger partial charge in [-0.3, -0.25) is 4.79 Å². The van der Waals surface area contributed by atoms with E-state index < -0.39 is 0 Å². The third-order valence-electron chi connectivity index (χ3n) is 2.53. The Bertz CT molecular complexity index is 441. The summed E-state index contributed by atoms with van der Waals surface area (Å²) in [5, 5.41) is 3.49. The predicted molar refractivity (Wildman–Crippen MR) is 76.3 cm³/mol. The number of halogens is 1. The van der Waals surface area contributed by atoms with E-state index in [1.165, 1.54) is 0 Å². The van der Waals surface area contributed by atoms with Crippen LogP contribution in [0.4, 0.5) is 0 Å². The fourth-order valence-electron chi connectivity index (χ4n) is 2.01. The van der Waals surface area contributed by atoms with Crippen molar-refractivity contribution in [1.82, 2.24) is 10.2 Å². The zero-order chi connectivity index (χ0) is 13.9. The Kier molecular flexibility index (Phi) is 4.77. The van der Waals surface area contributed by atoms with Crippen molar-refractivity contribution >= 4 is 17.5 Å². The average Bonchev–Trinajstić information content (AvgIpc) is 2.13. The number of hydrogen-bond donors (Lipinski definition) is 1. The number of aryl methyl sites for hydroxylation is 1. The molecule has 0 spiro atoms. The second kappa shape index (κ2) is 5.72. The van der Waals surface area contributed by atoms with Crippen LogP contribution >= 0.6 is 11.6 Å². The summed E-state index contributed by atoms with van der Waals surface area (Å²) in [6, 6.07) is 5.45. The van der Waals surface area contributed by atoms with E-state index in [2.05, 4.69) is 5.32 Å². The van der Waals surface area contributed by atoms with Gasteiger partial charge in [-0.25, -0.2) is 0 Å². The van der Waals surface area contributed by atoms with Gasteiger partial charge in [-0.15, -0.1) is 0 Å². The van der Waals surface area contributed by atoms with Crippen LogP contribution in [0, 0.1) is 6.92 Å². The Balaban J connectivity index is 2.82. The van der Waals surface area contributed by atoms with Crippen molar-refractivity contribution in [3.63, 3.8) is 0 Å². The lowest BCUT2D eigenvalue weighted by molar-refractivity contribution is 0.0900. The van der Waals surface area contributed by atoms with Crippen LogP contribution in [0.25, 0.3) is 0 Å². The maximum absolute atomic E-state index is 12.2. The zero-order valence-electron chi connectivity index (χ0n) is 11.7. The number of nitrogens with zero attached hydrogens (tertiary/aromatic N) is 1. The highest BCUT2D eigenvalue weighted by molar-refractivity contribution is 6.33. The topological polar surface area (TPSA) is 32.3 Å². The van der Waals surface area contributed by atoms with Crippen LogP contribution in [0.5, 0.6) is 0 Å². The minimum atomic E-state index is -0.297. The van der Waals surface area contributed by atoms with Gasteiger partial charge in [0.2, 0.25) is 0 Å². The molecule has 0 aliphatic heterocycles. The van der Waals surface area contributed by atoms with Gasteiger partial charge in [0.15, 0.2) is 0 Å². The first-order valence-corrected chi connectivity index (χ1v) is 6.32. The molecule has 0 atom stereocenters. The molecule has 1 aromatic rings. The highest BCUT2D eigenvalue weighted by Gasteiger charge is 2.22. The Morgan fingerprint density at radius 2 is 2.00 bits per heavy atom. The summed E-state index contributed by atoms with van der Waals surface area (Å²) in [4.78, 5) is 14.2. The lowest BCUT2D eigenvalue weighted by atomic mass is 10.0. The van der Waals surface area contributed by atoms with Crippen molar-refractivity contribution in [2.45, 2.75) is 26.3 Å². The number of likely N-dealkylation sites (N-methyl/N-ethyl adjacent to an activating group) is 1. The standard InChI is InChI=1S/C14H21ClN2O/c1-10-6-7-11(12(15)8-10)13(18)16-14(2,3)9-17(4)5/h6-8H,9H2,1-5H3,(H,16,18). The zero-order valence-corrected chi connectivity index (χ0v) is 12.4. The normalized spacial score (nSPS) is 11.7. The third-order valence-corrected chi connectivity index (χ3v) is 2.85. The third kappa shape index (κ3) is 4.31. The smallest absolute Gasteiger partial charge is 0.253 e. The van der Waals surface area contributed by atoms with Gasteiger partial charge in [-0.2, -0.15) is 0 Å². The highest BCUT2D eigenvalue weighted by atomic mass is 35.5. The predicted octanol–water partition coefficient (Wildman–Crippen LogP) is 2.72. The molecule has 1 amide bonds. The number of amides is 1. The lowest BCUT2D eigenvalue weighted by Gasteiger charge is -2.29. The Hall–Kier alpha value is -1.06. The van der Waals surface area contributed by atoms with Crippen molar-refractivity contribution in [2.75, 3.05) is 20.6 Å². The summed E-state index contributed by atoms with van der Waals surface area (Å²) in [5.41, 5.74) is 1.27. The quantitative estimate of drug-likeness (QED) is 0.911. The van der Waals surface area contributed by atoms with Crippen LogP contribution in [0.3, 0.4) is 0 Å². The summed E-state index contributed by atoms with van der Waals surface area (Å²) in [7, 11) is 3.96. The number of carbonyl (C=O) groups is 1. The molecular formula is C14H21ClN2O. The van der Waals surface area contributed by atoms with Crippen molar-refractivity contribution in [2.24, 2.45) is 0 Å². The first-order chi connectivity index (χ1) is 8.21. The minimum Gasteiger partial charge on any atom is -0.346 e. The van der Waals surface area contributed by atoms with E-state index >= 15 is 0 Å². The minimum absolute atomic E-state index is 0.133. The van der Waals surface area contributed by atoms with E-state index in [1.807, 2.05) is 45.8 Å². The maximum atomic E-state index is 12.2. The second-order valence-electron chi connectivity index (χ2n) is 5.56. The lowest BCUT2D eigenvalue weighted by Crippen LogP contribution is -2.50. The summed E-state index contributed by atoms with van der Waals surface area (Å²) < 4.78 is 0. The molecule has 0 radical (unpaired) electrons. The van der Waals surface area contributed by atoms with E-state index in [1.54, 1.807) is 12.1 Å². The van der Waals surface area contributed by atoms with Gasteiger partial charge >= 0.3 is 0 Å². The van der Waals surface area contributed by atoms with Crippen LogP contribution < -0.4 is 5.32 Å². The Morgan fingerprint density at radius 3 is 2.50 bits per heavy atom. The molecule has 0 aliphatic rings. The average molecular weight is 269 g/mol. The van der Waals surface area contributed by atoms with Crippen LogP contribution in [-0.2, 0) is 0 Å². The van der Waals surface area contributed by atoms with Crippen LogP contribution in [0.1, 0.15) is 29.8 Å². The van der Waals surface area contributed by atoms with Crippen molar-refractivity contribution in [3.8, 4) is 0 Å². The molecule has 0 unspecified atom stereocenters. The number of nitrogens with one attached hydrogen (secondary N) is 1. The summed E-state index contributed by atoms with van der Waals surface area (Å²) in [6.45, 7) is 6.70. The molecule has 0 heterocycles. The molecule has 3 nitrogen and oxygen atoms in total. The van der Waals surface area contributed by atoms with Crippen molar-refractivity contribution in [1.29, 1.82) is 0 Å². The van der Waals surface area contributed by atoms with Gasteiger partial charge in [0, 0.05) is 12.1 Å². The molecule has 1 aromatic carbocycles. The summed E-state index contributed by atoms with van der Waals surface area (Å²) in [6.07, 6.45) is 0. The van der Waals surface area contributed by atoms with Crippen LogP contribution in [0.2, 0.25) is 5.02 Å². The van der Waals surface area contributed by atoms with Crippen LogP contribution in [0.15, 0.2) is 18.2 Å². The van der Waals surface area contributed by atoms with Gasteiger partial charge < -0.3 is 10.2 Å². The van der Waals surface area contributed by atoms with Gasteiger partial charge in [0.25, 0.3) is 5.91 Å². The van der Waals surface area contributed by atoms with E-state index in [-0.39, 0.29) is 11.4 Å². The van der Waals surface area contributed by atoms with Gasteiger partial charge in [0.1, 0.15) is 0 Å². The van der Waals surface area contributed by atoms with E-state index in [0.29, 0.717) is 10.6 Å². The Labute approximate surface area is 114 Å². The fourth-order valence-corrected chi connectivity index (χ4v) is 2.33. The van der Waals surface area contributed by atoms with Gasteiger partial charge in [-0.05, 0) is 52.6 Å². The molecule has 18 heavy (non-hydrogen) atoms. The molecule has 0 aliphatic carbocycles. The van der Waals surface area contributed by atoms with E-state index in [0.717, 1.165) is 12.1 Å². The molecule has 100 valence electrons. The molecule has 0 saturated heterocycles. The molecule has 1 rings (SSSR count). The summed E-state index contributed by atoms with van der Waals surface area (Å²) >= 11 is 6.09. The number of hydrogen-bond acceptors (Lipinski definition) is 2. The molecule has 4 heteroatoms. The molecule has 0 saturated carbocycles. The van der Waals surface area contributed by atoms with Gasteiger partial charge in [-0.1, -0.05) is 17.7 Å². The van der Waals surface area contributed by atoms with Crippen LogP contribution in [-0.4, -0.2) is 37.0 Å². The Morgan fingerprint density at radius 1 is 1.39 bits per heavy atom. The first kappa shape index (κ1) is 15.0. The molecule has 0 bridgehead atoms. The number of benzene rings is 1. The fraction of sp³-hybridized carbons (Fsp3) is 0.500. The number of rotatable bonds is 4. The molecular weight excluding hydrogens is 248 g/mol. The SMILES string of the molecule is Cc1ccc(C(=O)NC(C)(C)CN(C)C)c(Cl)c1. The van der Waals surface area contributed by atoms with E-state index in [4.69, 9.17) is 11.6 Å². The second-order valence-corrected chi connectivity index (χ2v) is 5.97. The molecule has 0 aromatic heterocycles. The molecule has 1 N–H and O–H groups in total. The summed E-state index contributed by atoms with van der Waals surface area (Å²) in [5.74, 6) is -0.133.